The first-order valence-corrected chi connectivity index (χ1v) is 53.7. The van der Waals surface area contributed by atoms with E-state index in [4.69, 9.17) is 0 Å². The largest absolute Gasteiger partial charge is 0.352 e. The zero-order valence-corrected chi connectivity index (χ0v) is 79.1. The number of carbonyl (C=O) groups is 3. The summed E-state index contributed by atoms with van der Waals surface area (Å²) in [6, 6.07) is 34.9. The van der Waals surface area contributed by atoms with E-state index in [2.05, 4.69) is 54.8 Å². The normalized spacial score (nSPS) is 35.1. The molecule has 19 nitrogen and oxygen atoms in total. The van der Waals surface area contributed by atoms with Gasteiger partial charge in [0, 0.05) is 141 Å². The monoisotopic (exact) mass is 1850 g/mol. The Kier molecular flexibility index (Phi) is 31.1. The molecular formula is C105H148F5N12O7S2+. The van der Waals surface area contributed by atoms with E-state index in [1.165, 1.54) is 187 Å². The molecule has 11 saturated carbocycles. The predicted molar refractivity (Wildman–Crippen MR) is 503 cm³/mol. The summed E-state index contributed by atoms with van der Waals surface area (Å²) in [6.45, 7) is 19.8. The average Bonchev–Trinajstić information content (AvgIpc) is 1.21. The number of nitrogens with zero attached hydrogens (tertiary/aromatic N) is 7. The molecule has 716 valence electrons. The van der Waals surface area contributed by atoms with Crippen molar-refractivity contribution in [3.63, 3.8) is 0 Å². The first-order chi connectivity index (χ1) is 63.3. The molecular weight excluding hydrogens is 1700 g/mol. The summed E-state index contributed by atoms with van der Waals surface area (Å²) in [5, 5.41) is 20.3. The van der Waals surface area contributed by atoms with Crippen LogP contribution in [0.4, 0.5) is 22.0 Å². The number of amides is 3. The lowest BCUT2D eigenvalue weighted by Crippen LogP contribution is -2.63. The first-order valence-electron chi connectivity index (χ1n) is 51.1. The third-order valence-corrected chi connectivity index (χ3v) is 38.8. The Morgan fingerprint density at radius 3 is 1.02 bits per heavy atom. The van der Waals surface area contributed by atoms with E-state index < -0.39 is 25.8 Å². The van der Waals surface area contributed by atoms with Crippen LogP contribution in [0.15, 0.2) is 121 Å². The van der Waals surface area contributed by atoms with Gasteiger partial charge in [0.15, 0.2) is 0 Å². The molecule has 0 spiro atoms. The molecule has 11 saturated heterocycles. The number of quaternary nitrogens is 1. The van der Waals surface area contributed by atoms with Crippen molar-refractivity contribution in [1.29, 1.82) is 0 Å². The van der Waals surface area contributed by atoms with Crippen LogP contribution in [0, 0.1) is 106 Å². The summed E-state index contributed by atoms with van der Waals surface area (Å²) in [5.41, 5.74) is 5.79. The lowest BCUT2D eigenvalue weighted by molar-refractivity contribution is -1.11. The summed E-state index contributed by atoms with van der Waals surface area (Å²) in [7, 11) is -4.17. The van der Waals surface area contributed by atoms with E-state index in [-0.39, 0.29) is 86.2 Å². The summed E-state index contributed by atoms with van der Waals surface area (Å²) < 4.78 is 111. The van der Waals surface area contributed by atoms with Crippen molar-refractivity contribution in [3.05, 3.63) is 178 Å². The quantitative estimate of drug-likeness (QED) is 0.0214. The number of benzene rings is 5. The molecule has 11 heterocycles. The van der Waals surface area contributed by atoms with Crippen LogP contribution in [0.3, 0.4) is 0 Å². The molecule has 14 bridgehead atoms. The summed E-state index contributed by atoms with van der Waals surface area (Å²) >= 11 is 0. The average molecular weight is 1850 g/mol. The second-order valence-corrected chi connectivity index (χ2v) is 47.8. The van der Waals surface area contributed by atoms with Gasteiger partial charge in [-0.3, -0.25) is 14.4 Å². The molecule has 6 N–H and O–H groups in total. The summed E-state index contributed by atoms with van der Waals surface area (Å²) in [6.07, 6.45) is 34.5. The number of hydroxylamine groups is 3. The zero-order valence-electron chi connectivity index (χ0n) is 77.4. The molecule has 9 atom stereocenters. The second kappa shape index (κ2) is 42.9. The molecule has 26 heteroatoms. The number of rotatable bonds is 27. The number of likely N-dealkylation sites (tertiary alicyclic amines) is 5. The number of nitrogens with one attached hydrogen (secondary N) is 5. The van der Waals surface area contributed by atoms with E-state index in [0.29, 0.717) is 60.0 Å². The fraction of sp³-hybridized carbons (Fsp3) is 0.686. The minimum absolute atomic E-state index is 0.0317. The van der Waals surface area contributed by atoms with Crippen LogP contribution >= 0.6 is 0 Å². The maximum atomic E-state index is 13.4. The molecule has 27 rings (SSSR count). The molecule has 22 aliphatic rings. The summed E-state index contributed by atoms with van der Waals surface area (Å²) in [4.78, 5) is 52.5. The molecule has 0 radical (unpaired) electrons. The maximum Gasteiger partial charge on any atom is 0.229 e. The van der Waals surface area contributed by atoms with Gasteiger partial charge in [0.05, 0.1) is 32.3 Å². The lowest BCUT2D eigenvalue weighted by atomic mass is 9.56. The summed E-state index contributed by atoms with van der Waals surface area (Å²) in [5.74, 6) is 7.19. The van der Waals surface area contributed by atoms with Gasteiger partial charge in [0.25, 0.3) is 0 Å². The number of sulfonamides is 1. The number of halogens is 5. The number of piperidine rings is 6. The van der Waals surface area contributed by atoms with Gasteiger partial charge in [-0.15, -0.1) is 0 Å². The van der Waals surface area contributed by atoms with Gasteiger partial charge >= 0.3 is 0 Å². The minimum Gasteiger partial charge on any atom is -0.352 e. The molecule has 5 aromatic carbocycles. The van der Waals surface area contributed by atoms with Crippen molar-refractivity contribution >= 4 is 38.7 Å². The van der Waals surface area contributed by atoms with Gasteiger partial charge in [0.2, 0.25) is 27.7 Å². The molecule has 0 aromatic heterocycles. The minimum atomic E-state index is -3.28. The lowest BCUT2D eigenvalue weighted by Gasteiger charge is -2.56. The number of hydrogen-bond acceptors (Lipinski definition) is 13. The number of carbonyl (C=O) groups excluding carboxylic acids is 3. The van der Waals surface area contributed by atoms with Gasteiger partial charge in [-0.05, 0) is 347 Å². The van der Waals surface area contributed by atoms with Crippen molar-refractivity contribution in [3.8, 4) is 0 Å². The Morgan fingerprint density at radius 2 is 0.672 bits per heavy atom. The molecule has 131 heavy (non-hydrogen) atoms. The van der Waals surface area contributed by atoms with Gasteiger partial charge in [-0.25, -0.2) is 49.2 Å². The molecule has 22 fully saturated rings. The van der Waals surface area contributed by atoms with E-state index in [9.17, 15) is 54.2 Å². The highest BCUT2D eigenvalue weighted by Gasteiger charge is 2.59. The highest BCUT2D eigenvalue weighted by molar-refractivity contribution is 7.91. The Bertz CT molecular complexity index is 4560. The molecule has 11 aliphatic carbocycles. The van der Waals surface area contributed by atoms with Crippen LogP contribution < -0.4 is 25.4 Å². The fourth-order valence-corrected chi connectivity index (χ4v) is 32.2. The topological polar surface area (TPSA) is 202 Å². The van der Waals surface area contributed by atoms with Gasteiger partial charge in [0.1, 0.15) is 48.7 Å². The van der Waals surface area contributed by atoms with Crippen molar-refractivity contribution in [2.45, 2.75) is 239 Å². The predicted octanol–water partition coefficient (Wildman–Crippen LogP) is 14.1. The SMILES string of the molecule is O=C(N[C@H]1CCN(CCc2ccc(F)cc2)C1)C1CC2CCC1CC2.O=C(N[C@H]1CCN(CCc2ccc(F)cc2)C1)C1CN2CCC1CC2.O=C(N[C@H]1CCN(CCc2ccc(F)cc2)C1)C1C[N+]2(O)CCC1CC2.O=S(=O)(N[C@H]1CCN(CCc2ccc(F)cc2)C1)C12CC3CC(CC(C3)C1)C2.O=S(N[C@H]1CCN(CCc2ccc(F)cc2)C1)C12CC3CC(CC(C3)C1)C2. The highest BCUT2D eigenvalue weighted by Crippen LogP contribution is 2.60. The Balaban J connectivity index is 0.000000110. The van der Waals surface area contributed by atoms with Gasteiger partial charge in [-0.1, -0.05) is 73.5 Å². The fourth-order valence-electron chi connectivity index (χ4n) is 28.0. The van der Waals surface area contributed by atoms with Gasteiger partial charge in [-0.2, -0.15) is 4.65 Å². The first kappa shape index (κ1) is 95.2. The van der Waals surface area contributed by atoms with Crippen LogP contribution in [0.25, 0.3) is 0 Å². The number of hydrogen-bond donors (Lipinski definition) is 6. The van der Waals surface area contributed by atoms with Crippen LogP contribution in [0.1, 0.15) is 195 Å². The van der Waals surface area contributed by atoms with E-state index in [1.54, 1.807) is 0 Å². The zero-order chi connectivity index (χ0) is 90.4. The van der Waals surface area contributed by atoms with Crippen molar-refractivity contribution < 1.29 is 58.8 Å². The smallest absolute Gasteiger partial charge is 0.229 e. The van der Waals surface area contributed by atoms with Crippen LogP contribution in [-0.2, 0) is 67.5 Å². The maximum absolute atomic E-state index is 13.4. The van der Waals surface area contributed by atoms with Crippen molar-refractivity contribution in [2.24, 2.45) is 76.9 Å². The Morgan fingerprint density at radius 1 is 0.359 bits per heavy atom. The van der Waals surface area contributed by atoms with Gasteiger partial charge < -0.3 is 45.3 Å². The van der Waals surface area contributed by atoms with E-state index in [1.807, 2.05) is 60.7 Å². The van der Waals surface area contributed by atoms with Crippen molar-refractivity contribution in [1.82, 2.24) is 54.8 Å². The van der Waals surface area contributed by atoms with Crippen molar-refractivity contribution in [2.75, 3.05) is 137 Å². The third kappa shape index (κ3) is 24.7. The standard InChI is InChI=1S/C22H31FN2O2S.C22H31FN2OS.C21H29FN2O.C20H28FN3O2.C20H28FN3O/c23-20-3-1-16(2-4-20)5-7-25-8-6-21(15-25)24-28(26,27)22-12-17-9-18(13-22)11-19(10-17)14-22;23-20-3-1-16(2-4-20)5-7-25-8-6-21(15-25)24-27(26)22-12-17-9-18(13-22)11-19(10-17)14-22;22-18-7-3-15(4-8-18)9-11-24-12-10-19(14-24)23-21(25)20-13-16-1-5-17(20)6-2-16;21-17-3-1-15(2-4-17)5-9-23-10-6-18(13-23)22-20(25)19-14-24(26)11-7-16(19)8-12-24;21-17-3-1-15(2-4-17)5-9-23-12-8-18(13-23)22-20(25)19-14-24-10-6-16(19)7-11-24/h1-4,17-19,21,24H,5-15H2;1-4,17-19,21,24H,5-15H2;3-4,7-8,16-17,19-20H,1-2,5-6,9-14H2,(H,23,25);1-4,16,18-19,26H,5-14H2;1-4,16,18-19H,5-14H2,(H,22,25)/p+1/t17?,18?,19?,21-,22?;17?,18?,19?,21-,22?,27?;16?,17?,19-,20?;16?,18-,19?,24?;18-,19?/m00000/s1. The van der Waals surface area contributed by atoms with E-state index in [0.717, 1.165) is 255 Å². The molecule has 11 aliphatic heterocycles. The third-order valence-electron chi connectivity index (χ3n) is 34.7. The Hall–Kier alpha value is -6.14. The Labute approximate surface area is 779 Å². The highest BCUT2D eigenvalue weighted by atomic mass is 32.2. The second-order valence-electron chi connectivity index (χ2n) is 44.1. The van der Waals surface area contributed by atoms with Crippen LogP contribution in [-0.4, -0.2) is 247 Å². The molecule has 3 amide bonds. The molecule has 4 unspecified atom stereocenters. The molecule has 5 aromatic rings. The van der Waals surface area contributed by atoms with E-state index >= 15 is 0 Å². The van der Waals surface area contributed by atoms with Crippen LogP contribution in [0.5, 0.6) is 0 Å². The van der Waals surface area contributed by atoms with Crippen LogP contribution in [0.2, 0.25) is 0 Å². The number of fused-ring (bicyclic) bond motifs is 9.